The van der Waals surface area contributed by atoms with E-state index in [0.717, 1.165) is 0 Å². The minimum Gasteiger partial charge on any atom is -0.309 e. The van der Waals surface area contributed by atoms with Gasteiger partial charge in [0, 0.05) is 53.1 Å². The Hall–Kier alpha value is -6.16. The van der Waals surface area contributed by atoms with Gasteiger partial charge in [-0.05, 0) is 88.6 Å². The van der Waals surface area contributed by atoms with E-state index in [1.165, 1.54) is 97.1 Å². The predicted octanol–water partition coefficient (Wildman–Crippen LogP) is 13.1. The maximum Gasteiger partial charge on any atom is 0.0634 e. The van der Waals surface area contributed by atoms with E-state index in [1.807, 2.05) is 11.3 Å². The smallest absolute Gasteiger partial charge is 0.0634 e. The van der Waals surface area contributed by atoms with Crippen molar-refractivity contribution in [2.45, 2.75) is 0 Å². The predicted molar refractivity (Wildman–Crippen MR) is 211 cm³/mol. The number of benzene rings is 8. The van der Waals surface area contributed by atoms with E-state index in [1.54, 1.807) is 0 Å². The number of rotatable bonds is 3. The third kappa shape index (κ3) is 3.88. The van der Waals surface area contributed by atoms with Gasteiger partial charge in [0.1, 0.15) is 0 Å². The van der Waals surface area contributed by atoms with Crippen LogP contribution in [0.3, 0.4) is 0 Å². The van der Waals surface area contributed by atoms with E-state index in [-0.39, 0.29) is 0 Å². The first-order valence-electron chi connectivity index (χ1n) is 16.8. The molecule has 0 saturated carbocycles. The van der Waals surface area contributed by atoms with Crippen molar-refractivity contribution in [1.82, 2.24) is 9.13 Å². The molecule has 49 heavy (non-hydrogen) atoms. The largest absolute Gasteiger partial charge is 0.309 e. The normalized spacial score (nSPS) is 12.1. The van der Waals surface area contributed by atoms with Gasteiger partial charge >= 0.3 is 0 Å². The van der Waals surface area contributed by atoms with Crippen LogP contribution in [-0.2, 0) is 0 Å². The van der Waals surface area contributed by atoms with Gasteiger partial charge < -0.3 is 9.13 Å². The maximum atomic E-state index is 2.47. The highest BCUT2D eigenvalue weighted by atomic mass is 32.1. The Kier molecular flexibility index (Phi) is 5.57. The lowest BCUT2D eigenvalue weighted by Gasteiger charge is -2.10. The lowest BCUT2D eigenvalue weighted by molar-refractivity contribution is 1.19. The highest BCUT2D eigenvalue weighted by Crippen LogP contribution is 2.44. The van der Waals surface area contributed by atoms with Crippen LogP contribution in [0.25, 0.3) is 97.1 Å². The van der Waals surface area contributed by atoms with E-state index in [4.69, 9.17) is 0 Å². The molecule has 0 unspecified atom stereocenters. The molecule has 228 valence electrons. The van der Waals surface area contributed by atoms with Crippen LogP contribution in [0, 0.1) is 0 Å². The third-order valence-electron chi connectivity index (χ3n) is 10.3. The average Bonchev–Trinajstić information content (AvgIpc) is 3.82. The monoisotopic (exact) mass is 640 g/mol. The molecule has 0 N–H and O–H groups in total. The number of hydrogen-bond donors (Lipinski definition) is 0. The molecule has 3 aromatic heterocycles. The quantitative estimate of drug-likeness (QED) is 0.182. The summed E-state index contributed by atoms with van der Waals surface area (Å²) in [5.41, 5.74) is 9.75. The molecule has 3 heteroatoms. The zero-order valence-corrected chi connectivity index (χ0v) is 27.3. The van der Waals surface area contributed by atoms with Crippen LogP contribution in [0.15, 0.2) is 170 Å². The fourth-order valence-corrected chi connectivity index (χ4v) is 9.20. The number of fused-ring (bicyclic) bond motifs is 11. The zero-order valence-electron chi connectivity index (χ0n) is 26.5. The molecule has 0 aliphatic carbocycles. The molecular weight excluding hydrogens is 613 g/mol. The third-order valence-corrected chi connectivity index (χ3v) is 11.4. The highest BCUT2D eigenvalue weighted by Gasteiger charge is 2.19. The molecule has 0 amide bonds. The number of para-hydroxylation sites is 2. The Bertz CT molecular complexity index is 3100. The molecule has 11 rings (SSSR count). The van der Waals surface area contributed by atoms with Gasteiger partial charge in [-0.1, -0.05) is 103 Å². The fraction of sp³-hybridized carbons (Fsp3) is 0. The van der Waals surface area contributed by atoms with Crippen molar-refractivity contribution in [2.75, 3.05) is 0 Å². The van der Waals surface area contributed by atoms with Crippen LogP contribution in [0.5, 0.6) is 0 Å². The van der Waals surface area contributed by atoms with Gasteiger partial charge in [-0.3, -0.25) is 0 Å². The fourth-order valence-electron chi connectivity index (χ4n) is 8.09. The van der Waals surface area contributed by atoms with Crippen molar-refractivity contribution < 1.29 is 0 Å². The molecule has 0 atom stereocenters. The Balaban J connectivity index is 1.16. The molecule has 0 fully saturated rings. The van der Waals surface area contributed by atoms with Gasteiger partial charge in [-0.25, -0.2) is 0 Å². The van der Waals surface area contributed by atoms with E-state index < -0.39 is 0 Å². The lowest BCUT2D eigenvalue weighted by Crippen LogP contribution is -1.94. The average molecular weight is 641 g/mol. The number of thiophene rings is 1. The summed E-state index contributed by atoms with van der Waals surface area (Å²) in [6.45, 7) is 0. The number of aromatic nitrogens is 2. The van der Waals surface area contributed by atoms with Gasteiger partial charge in [0.25, 0.3) is 0 Å². The van der Waals surface area contributed by atoms with Crippen molar-refractivity contribution >= 4 is 85.9 Å². The van der Waals surface area contributed by atoms with Crippen LogP contribution in [0.1, 0.15) is 0 Å². The Morgan fingerprint density at radius 2 is 1.00 bits per heavy atom. The summed E-state index contributed by atoms with van der Waals surface area (Å²) in [6.07, 6.45) is 0. The minimum atomic E-state index is 1.18. The standard InChI is InChI=1S/C46H28N2S/c1-2-12-33(13-3-1)48-42-24-20-32(28-39(42)36-22-25-44-45(46(36)48)37-15-7-9-17-43(37)49-44)31-19-23-41-38(27-31)35-14-6-8-16-40(35)47(41)34-21-18-29-10-4-5-11-30(29)26-34/h1-28H. The van der Waals surface area contributed by atoms with Crippen LogP contribution in [0.2, 0.25) is 0 Å². The summed E-state index contributed by atoms with van der Waals surface area (Å²) in [6, 6.07) is 62.4. The van der Waals surface area contributed by atoms with Crippen LogP contribution < -0.4 is 0 Å². The summed E-state index contributed by atoms with van der Waals surface area (Å²) in [4.78, 5) is 0. The van der Waals surface area contributed by atoms with Gasteiger partial charge in [-0.15, -0.1) is 11.3 Å². The molecular formula is C46H28N2S. The van der Waals surface area contributed by atoms with E-state index >= 15 is 0 Å². The summed E-state index contributed by atoms with van der Waals surface area (Å²) in [5, 5.41) is 10.2. The van der Waals surface area contributed by atoms with Crippen molar-refractivity contribution in [3.05, 3.63) is 170 Å². The number of hydrogen-bond acceptors (Lipinski definition) is 1. The Labute approximate surface area is 286 Å². The maximum absolute atomic E-state index is 2.47. The second-order valence-corrected chi connectivity index (χ2v) is 14.0. The van der Waals surface area contributed by atoms with Gasteiger partial charge in [0.15, 0.2) is 0 Å². The Morgan fingerprint density at radius 1 is 0.347 bits per heavy atom. The van der Waals surface area contributed by atoms with Crippen LogP contribution >= 0.6 is 11.3 Å². The molecule has 0 radical (unpaired) electrons. The van der Waals surface area contributed by atoms with Gasteiger partial charge in [-0.2, -0.15) is 0 Å². The van der Waals surface area contributed by atoms with E-state index in [2.05, 4.69) is 179 Å². The summed E-state index contributed by atoms with van der Waals surface area (Å²) in [5.74, 6) is 0. The van der Waals surface area contributed by atoms with Gasteiger partial charge in [0.05, 0.1) is 22.1 Å². The number of nitrogens with zero attached hydrogens (tertiary/aromatic N) is 2. The first-order valence-corrected chi connectivity index (χ1v) is 17.6. The van der Waals surface area contributed by atoms with Crippen molar-refractivity contribution in [3.63, 3.8) is 0 Å². The molecule has 0 saturated heterocycles. The van der Waals surface area contributed by atoms with Gasteiger partial charge in [0.2, 0.25) is 0 Å². The summed E-state index contributed by atoms with van der Waals surface area (Å²) < 4.78 is 7.53. The molecule has 3 heterocycles. The molecule has 0 bridgehead atoms. The summed E-state index contributed by atoms with van der Waals surface area (Å²) >= 11 is 1.88. The van der Waals surface area contributed by atoms with Crippen molar-refractivity contribution in [1.29, 1.82) is 0 Å². The van der Waals surface area contributed by atoms with Crippen LogP contribution in [-0.4, -0.2) is 9.13 Å². The minimum absolute atomic E-state index is 1.18. The SMILES string of the molecule is c1ccc(-n2c3ccc(-c4ccc5c(c4)c4ccccc4n5-c4ccc5ccccc5c4)cc3c3ccc4sc5ccccc5c4c32)cc1. The van der Waals surface area contributed by atoms with Crippen LogP contribution in [0.4, 0.5) is 0 Å². The molecule has 0 aliphatic heterocycles. The first kappa shape index (κ1) is 26.9. The van der Waals surface area contributed by atoms with Crippen molar-refractivity contribution in [2.24, 2.45) is 0 Å². The molecule has 11 aromatic rings. The summed E-state index contributed by atoms with van der Waals surface area (Å²) in [7, 11) is 0. The highest BCUT2D eigenvalue weighted by molar-refractivity contribution is 7.26. The van der Waals surface area contributed by atoms with E-state index in [9.17, 15) is 0 Å². The first-order chi connectivity index (χ1) is 24.3. The topological polar surface area (TPSA) is 9.86 Å². The second-order valence-electron chi connectivity index (χ2n) is 13.0. The Morgan fingerprint density at radius 3 is 1.84 bits per heavy atom. The molecule has 0 aliphatic rings. The van der Waals surface area contributed by atoms with E-state index in [0.29, 0.717) is 0 Å². The van der Waals surface area contributed by atoms with Crippen molar-refractivity contribution in [3.8, 4) is 22.5 Å². The molecule has 8 aromatic carbocycles. The molecule has 0 spiro atoms. The second kappa shape index (κ2) is 10.2. The zero-order chi connectivity index (χ0) is 32.1. The molecule has 2 nitrogen and oxygen atoms in total. The lowest BCUT2D eigenvalue weighted by atomic mass is 10.00.